The molecule has 1 aliphatic carbocycles. The van der Waals surface area contributed by atoms with E-state index in [1.54, 1.807) is 0 Å². The summed E-state index contributed by atoms with van der Waals surface area (Å²) in [6, 6.07) is 0. The summed E-state index contributed by atoms with van der Waals surface area (Å²) < 4.78 is 0. The first-order valence-electron chi connectivity index (χ1n) is 8.07. The fourth-order valence-corrected chi connectivity index (χ4v) is 4.08. The molecule has 1 atom stereocenters. The molecule has 1 spiro atoms. The monoisotopic (exact) mass is 252 g/mol. The molecule has 0 aromatic heterocycles. The molecule has 2 nitrogen and oxygen atoms in total. The Morgan fingerprint density at radius 1 is 1.11 bits per heavy atom. The van der Waals surface area contributed by atoms with Crippen molar-refractivity contribution in [2.24, 2.45) is 11.8 Å². The fraction of sp³-hybridized carbons (Fsp3) is 1.00. The molecule has 0 aromatic carbocycles. The summed E-state index contributed by atoms with van der Waals surface area (Å²) in [5.74, 6) is 1.69. The lowest BCUT2D eigenvalue weighted by molar-refractivity contribution is 0.180. The predicted molar refractivity (Wildman–Crippen MR) is 78.9 cm³/mol. The lowest BCUT2D eigenvalue weighted by atomic mass is 9.95. The van der Waals surface area contributed by atoms with Gasteiger partial charge in [0.15, 0.2) is 0 Å². The molecule has 1 N–H and O–H groups in total. The molecule has 1 aliphatic heterocycles. The Morgan fingerprint density at radius 2 is 1.83 bits per heavy atom. The second kappa shape index (κ2) is 6.38. The highest BCUT2D eigenvalue weighted by Gasteiger charge is 2.36. The van der Waals surface area contributed by atoms with Crippen molar-refractivity contribution in [1.29, 1.82) is 0 Å². The van der Waals surface area contributed by atoms with Gasteiger partial charge in [0, 0.05) is 18.6 Å². The van der Waals surface area contributed by atoms with E-state index < -0.39 is 0 Å². The third-order valence-corrected chi connectivity index (χ3v) is 4.68. The number of nitrogens with one attached hydrogen (secondary N) is 1. The topological polar surface area (TPSA) is 15.3 Å². The standard InChI is InChI=1S/C16H32N2/c1-14(2)11-15(3)12-18-10-6-9-17-16(13-18)7-4-5-8-16/h14-15,17H,4-13H2,1-3H3. The highest BCUT2D eigenvalue weighted by atomic mass is 15.2. The van der Waals surface area contributed by atoms with Crippen molar-refractivity contribution in [1.82, 2.24) is 10.2 Å². The van der Waals surface area contributed by atoms with Gasteiger partial charge in [-0.1, -0.05) is 33.6 Å². The smallest absolute Gasteiger partial charge is 0.0308 e. The number of rotatable bonds is 4. The SMILES string of the molecule is CC(C)CC(C)CN1CCCNC2(CCCC2)C1. The summed E-state index contributed by atoms with van der Waals surface area (Å²) in [6.45, 7) is 12.3. The average molecular weight is 252 g/mol. The van der Waals surface area contributed by atoms with E-state index in [0.29, 0.717) is 5.54 Å². The summed E-state index contributed by atoms with van der Waals surface area (Å²) in [6.07, 6.45) is 8.38. The van der Waals surface area contributed by atoms with Gasteiger partial charge in [-0.05, 0) is 50.6 Å². The molecular weight excluding hydrogens is 220 g/mol. The Hall–Kier alpha value is -0.0800. The summed E-state index contributed by atoms with van der Waals surface area (Å²) in [4.78, 5) is 2.75. The molecule has 106 valence electrons. The summed E-state index contributed by atoms with van der Waals surface area (Å²) >= 11 is 0. The van der Waals surface area contributed by atoms with Crippen LogP contribution in [0.2, 0.25) is 0 Å². The van der Waals surface area contributed by atoms with E-state index in [9.17, 15) is 0 Å². The summed E-state index contributed by atoms with van der Waals surface area (Å²) in [5, 5.41) is 3.86. The second-order valence-electron chi connectivity index (χ2n) is 7.24. The van der Waals surface area contributed by atoms with E-state index in [2.05, 4.69) is 31.0 Å². The quantitative estimate of drug-likeness (QED) is 0.826. The van der Waals surface area contributed by atoms with E-state index in [-0.39, 0.29) is 0 Å². The number of hydrogen-bond acceptors (Lipinski definition) is 2. The minimum atomic E-state index is 0.480. The normalized spacial score (nSPS) is 26.7. The molecule has 0 aromatic rings. The van der Waals surface area contributed by atoms with Crippen molar-refractivity contribution in [2.45, 2.75) is 64.8 Å². The number of hydrogen-bond donors (Lipinski definition) is 1. The van der Waals surface area contributed by atoms with Crippen LogP contribution in [0.5, 0.6) is 0 Å². The lowest BCUT2D eigenvalue weighted by Gasteiger charge is -2.34. The minimum Gasteiger partial charge on any atom is -0.310 e. The van der Waals surface area contributed by atoms with Gasteiger partial charge in [-0.25, -0.2) is 0 Å². The van der Waals surface area contributed by atoms with Crippen molar-refractivity contribution >= 4 is 0 Å². The van der Waals surface area contributed by atoms with Crippen molar-refractivity contribution < 1.29 is 0 Å². The van der Waals surface area contributed by atoms with Crippen LogP contribution in [0.4, 0.5) is 0 Å². The Bertz CT molecular complexity index is 243. The van der Waals surface area contributed by atoms with E-state index >= 15 is 0 Å². The zero-order chi connectivity index (χ0) is 13.0. The van der Waals surface area contributed by atoms with Crippen molar-refractivity contribution in [3.8, 4) is 0 Å². The molecule has 1 saturated carbocycles. The van der Waals surface area contributed by atoms with E-state index in [1.807, 2.05) is 0 Å². The molecule has 1 heterocycles. The number of nitrogens with zero attached hydrogens (tertiary/aromatic N) is 1. The van der Waals surface area contributed by atoms with Crippen LogP contribution in [-0.2, 0) is 0 Å². The third kappa shape index (κ3) is 3.96. The van der Waals surface area contributed by atoms with Gasteiger partial charge in [-0.15, -0.1) is 0 Å². The first kappa shape index (κ1) is 14.3. The van der Waals surface area contributed by atoms with Gasteiger partial charge < -0.3 is 10.2 Å². The lowest BCUT2D eigenvalue weighted by Crippen LogP contribution is -2.50. The van der Waals surface area contributed by atoms with Crippen LogP contribution in [0.1, 0.15) is 59.3 Å². The molecule has 0 amide bonds. The molecule has 1 unspecified atom stereocenters. The minimum absolute atomic E-state index is 0.480. The maximum atomic E-state index is 3.86. The molecule has 1 saturated heterocycles. The zero-order valence-electron chi connectivity index (χ0n) is 12.7. The van der Waals surface area contributed by atoms with Crippen LogP contribution in [-0.4, -0.2) is 36.6 Å². The van der Waals surface area contributed by atoms with Gasteiger partial charge >= 0.3 is 0 Å². The molecule has 0 bridgehead atoms. The van der Waals surface area contributed by atoms with Gasteiger partial charge in [-0.3, -0.25) is 0 Å². The first-order chi connectivity index (χ1) is 8.60. The predicted octanol–water partition coefficient (Wildman–Crippen LogP) is 3.28. The van der Waals surface area contributed by atoms with Gasteiger partial charge in [0.1, 0.15) is 0 Å². The Labute approximate surface area is 114 Å². The summed E-state index contributed by atoms with van der Waals surface area (Å²) in [5.41, 5.74) is 0.480. The largest absolute Gasteiger partial charge is 0.310 e. The van der Waals surface area contributed by atoms with Gasteiger partial charge in [0.05, 0.1) is 0 Å². The van der Waals surface area contributed by atoms with E-state index in [1.165, 1.54) is 64.7 Å². The van der Waals surface area contributed by atoms with Crippen molar-refractivity contribution in [2.75, 3.05) is 26.2 Å². The van der Waals surface area contributed by atoms with E-state index in [0.717, 1.165) is 11.8 Å². The first-order valence-corrected chi connectivity index (χ1v) is 8.07. The molecule has 2 aliphatic rings. The Balaban J connectivity index is 1.87. The Kier molecular flexibility index (Phi) is 5.08. The van der Waals surface area contributed by atoms with E-state index in [4.69, 9.17) is 0 Å². The fourth-order valence-electron chi connectivity index (χ4n) is 4.08. The maximum Gasteiger partial charge on any atom is 0.0308 e. The van der Waals surface area contributed by atoms with Crippen LogP contribution < -0.4 is 5.32 Å². The molecule has 0 radical (unpaired) electrons. The van der Waals surface area contributed by atoms with Crippen LogP contribution in [0.3, 0.4) is 0 Å². The molecule has 2 rings (SSSR count). The zero-order valence-corrected chi connectivity index (χ0v) is 12.7. The van der Waals surface area contributed by atoms with Crippen LogP contribution in [0.25, 0.3) is 0 Å². The van der Waals surface area contributed by atoms with Crippen LogP contribution in [0.15, 0.2) is 0 Å². The highest BCUT2D eigenvalue weighted by Crippen LogP contribution is 2.32. The highest BCUT2D eigenvalue weighted by molar-refractivity contribution is 4.96. The average Bonchev–Trinajstić information content (AvgIpc) is 2.62. The molecule has 2 heteroatoms. The molecule has 18 heavy (non-hydrogen) atoms. The van der Waals surface area contributed by atoms with Gasteiger partial charge in [0.25, 0.3) is 0 Å². The maximum absolute atomic E-state index is 3.86. The van der Waals surface area contributed by atoms with Crippen molar-refractivity contribution in [3.63, 3.8) is 0 Å². The van der Waals surface area contributed by atoms with Gasteiger partial charge in [-0.2, -0.15) is 0 Å². The van der Waals surface area contributed by atoms with Crippen molar-refractivity contribution in [3.05, 3.63) is 0 Å². The molecular formula is C16H32N2. The van der Waals surface area contributed by atoms with Crippen LogP contribution in [0, 0.1) is 11.8 Å². The van der Waals surface area contributed by atoms with Crippen LogP contribution >= 0.6 is 0 Å². The second-order valence-corrected chi connectivity index (χ2v) is 7.24. The van der Waals surface area contributed by atoms with Gasteiger partial charge in [0.2, 0.25) is 0 Å². The third-order valence-electron chi connectivity index (χ3n) is 4.68. The summed E-state index contributed by atoms with van der Waals surface area (Å²) in [7, 11) is 0. The Morgan fingerprint density at radius 3 is 2.50 bits per heavy atom. The molecule has 2 fully saturated rings.